The maximum atomic E-state index is 14.7. The zero-order valence-corrected chi connectivity index (χ0v) is 31.1. The van der Waals surface area contributed by atoms with Gasteiger partial charge in [-0.2, -0.15) is 0 Å². The smallest absolute Gasteiger partial charge is 0.323 e. The standard InChI is InChI=1S/C38H57N7O7/c1-5-10-25(19-29(46)44(22-30(47)48)26-15-16-26)41-36(51)32-27-14-9-13-24(27)21-45(32)37(52)33(38(2,3)4)43-35(50)31(23-11-7-6-8-12-23)42-34(49)28-20-39-17-18-40-28/h17-18,20,23-27,31-33H,5-16,19,21-22H2,1-4H3,(H,41,51)(H,42,49)(H,43,50)(H,47,48). The van der Waals surface area contributed by atoms with Gasteiger partial charge in [-0.15, -0.1) is 0 Å². The van der Waals surface area contributed by atoms with Crippen LogP contribution in [-0.2, 0) is 24.0 Å². The van der Waals surface area contributed by atoms with Crippen molar-refractivity contribution in [2.24, 2.45) is 23.2 Å². The van der Waals surface area contributed by atoms with Crippen LogP contribution in [0.2, 0.25) is 0 Å². The molecule has 0 bridgehead atoms. The van der Waals surface area contributed by atoms with E-state index >= 15 is 0 Å². The Morgan fingerprint density at radius 1 is 0.942 bits per heavy atom. The minimum atomic E-state index is -1.07. The fourth-order valence-corrected chi connectivity index (χ4v) is 8.55. The Labute approximate surface area is 306 Å². The number of nitrogens with zero attached hydrogens (tertiary/aromatic N) is 4. The summed E-state index contributed by atoms with van der Waals surface area (Å²) in [4.78, 5) is 92.3. The van der Waals surface area contributed by atoms with E-state index in [9.17, 15) is 33.9 Å². The number of likely N-dealkylation sites (tertiary alicyclic amines) is 1. The Hall–Kier alpha value is -4.10. The van der Waals surface area contributed by atoms with Crippen LogP contribution in [0.3, 0.4) is 0 Å². The maximum Gasteiger partial charge on any atom is 0.323 e. The first-order valence-corrected chi connectivity index (χ1v) is 19.3. The van der Waals surface area contributed by atoms with Crippen LogP contribution in [0.15, 0.2) is 18.6 Å². The van der Waals surface area contributed by atoms with E-state index < -0.39 is 47.4 Å². The summed E-state index contributed by atoms with van der Waals surface area (Å²) in [5.74, 6) is -2.99. The number of aliphatic carboxylic acids is 1. The Balaban J connectivity index is 1.34. The molecule has 14 nitrogen and oxygen atoms in total. The lowest BCUT2D eigenvalue weighted by Gasteiger charge is -2.38. The van der Waals surface area contributed by atoms with Crippen LogP contribution >= 0.6 is 0 Å². The first kappa shape index (κ1) is 39.1. The highest BCUT2D eigenvalue weighted by Crippen LogP contribution is 2.43. The second kappa shape index (κ2) is 17.2. The van der Waals surface area contributed by atoms with E-state index in [0.717, 1.165) is 64.2 Å². The topological polar surface area (TPSA) is 191 Å². The van der Waals surface area contributed by atoms with Crippen LogP contribution in [0.25, 0.3) is 0 Å². The SMILES string of the molecule is CCCC(CC(=O)N(CC(=O)O)C1CC1)NC(=O)C1C2CCCC2CN1C(=O)C(NC(=O)C(NC(=O)c1cnccn1)C1CCCCC1)C(C)(C)C. The third-order valence-corrected chi connectivity index (χ3v) is 11.3. The number of fused-ring (bicyclic) bond motifs is 1. The Morgan fingerprint density at radius 2 is 1.67 bits per heavy atom. The van der Waals surface area contributed by atoms with E-state index in [2.05, 4.69) is 25.9 Å². The molecule has 3 aliphatic carbocycles. The first-order valence-electron chi connectivity index (χ1n) is 19.3. The fraction of sp³-hybridized carbons (Fsp3) is 0.737. The molecular formula is C38H57N7O7. The molecule has 1 aliphatic heterocycles. The minimum absolute atomic E-state index is 0.0123. The van der Waals surface area contributed by atoms with Gasteiger partial charge in [0.2, 0.25) is 23.6 Å². The van der Waals surface area contributed by atoms with Crippen LogP contribution in [0.5, 0.6) is 0 Å². The number of carbonyl (C=O) groups is 6. The summed E-state index contributed by atoms with van der Waals surface area (Å²) in [6.07, 6.45) is 14.1. The molecule has 0 aromatic carbocycles. The third-order valence-electron chi connectivity index (χ3n) is 11.3. The molecule has 1 saturated heterocycles. The molecule has 5 rings (SSSR count). The number of amides is 5. The van der Waals surface area contributed by atoms with Crippen LogP contribution < -0.4 is 16.0 Å². The van der Waals surface area contributed by atoms with E-state index in [1.54, 1.807) is 4.90 Å². The lowest BCUT2D eigenvalue weighted by atomic mass is 9.82. The highest BCUT2D eigenvalue weighted by Gasteiger charge is 2.52. The monoisotopic (exact) mass is 723 g/mol. The normalized spacial score (nSPS) is 23.5. The molecule has 286 valence electrons. The summed E-state index contributed by atoms with van der Waals surface area (Å²) in [7, 11) is 0. The molecule has 6 unspecified atom stereocenters. The van der Waals surface area contributed by atoms with Crippen molar-refractivity contribution in [1.82, 2.24) is 35.7 Å². The van der Waals surface area contributed by atoms with Gasteiger partial charge in [-0.1, -0.05) is 59.8 Å². The van der Waals surface area contributed by atoms with Crippen molar-refractivity contribution in [2.45, 2.75) is 141 Å². The number of carboxylic acids is 1. The average molecular weight is 724 g/mol. The van der Waals surface area contributed by atoms with E-state index in [1.165, 1.54) is 23.5 Å². The van der Waals surface area contributed by atoms with Crippen molar-refractivity contribution in [1.29, 1.82) is 0 Å². The number of aromatic nitrogens is 2. The molecule has 6 atom stereocenters. The highest BCUT2D eigenvalue weighted by atomic mass is 16.4. The number of hydrogen-bond donors (Lipinski definition) is 4. The summed E-state index contributed by atoms with van der Waals surface area (Å²) in [5.41, 5.74) is -0.632. The molecule has 3 saturated carbocycles. The Kier molecular flexibility index (Phi) is 12.9. The second-order valence-corrected chi connectivity index (χ2v) is 16.4. The number of hydrogen-bond acceptors (Lipinski definition) is 8. The average Bonchev–Trinajstić information content (AvgIpc) is 3.74. The summed E-state index contributed by atoms with van der Waals surface area (Å²) >= 11 is 0. The van der Waals surface area contributed by atoms with Crippen molar-refractivity contribution in [3.8, 4) is 0 Å². The molecule has 52 heavy (non-hydrogen) atoms. The molecule has 0 spiro atoms. The van der Waals surface area contributed by atoms with E-state index in [1.807, 2.05) is 27.7 Å². The summed E-state index contributed by atoms with van der Waals surface area (Å²) < 4.78 is 0. The molecule has 4 aliphatic rings. The van der Waals surface area contributed by atoms with Gasteiger partial charge >= 0.3 is 5.97 Å². The van der Waals surface area contributed by atoms with Gasteiger partial charge < -0.3 is 30.9 Å². The number of nitrogens with one attached hydrogen (secondary N) is 3. The Bertz CT molecular complexity index is 1460. The lowest BCUT2D eigenvalue weighted by Crippen LogP contribution is -2.62. The zero-order valence-electron chi connectivity index (χ0n) is 31.1. The van der Waals surface area contributed by atoms with E-state index in [-0.39, 0.29) is 60.2 Å². The molecular weight excluding hydrogens is 666 g/mol. The van der Waals surface area contributed by atoms with Crippen LogP contribution in [0, 0.1) is 23.2 Å². The summed E-state index contributed by atoms with van der Waals surface area (Å²) in [6.45, 7) is 7.62. The largest absolute Gasteiger partial charge is 0.480 e. The summed E-state index contributed by atoms with van der Waals surface area (Å²) in [5, 5.41) is 18.4. The van der Waals surface area contributed by atoms with Crippen molar-refractivity contribution in [3.05, 3.63) is 24.3 Å². The number of carboxylic acid groups (broad SMARTS) is 1. The highest BCUT2D eigenvalue weighted by molar-refractivity contribution is 5.98. The van der Waals surface area contributed by atoms with Gasteiger partial charge in [-0.25, -0.2) is 4.98 Å². The quantitative estimate of drug-likeness (QED) is 0.211. The maximum absolute atomic E-state index is 14.7. The first-order chi connectivity index (χ1) is 24.8. The number of carbonyl (C=O) groups excluding carboxylic acids is 5. The van der Waals surface area contributed by atoms with Gasteiger partial charge in [-0.05, 0) is 68.1 Å². The van der Waals surface area contributed by atoms with Gasteiger partial charge in [0, 0.05) is 37.4 Å². The van der Waals surface area contributed by atoms with Gasteiger partial charge in [-0.3, -0.25) is 33.8 Å². The van der Waals surface area contributed by atoms with Crippen molar-refractivity contribution in [2.75, 3.05) is 13.1 Å². The van der Waals surface area contributed by atoms with Gasteiger partial charge in [0.05, 0.1) is 6.20 Å². The van der Waals surface area contributed by atoms with Crippen LogP contribution in [0.1, 0.15) is 122 Å². The third kappa shape index (κ3) is 9.65. The van der Waals surface area contributed by atoms with Gasteiger partial charge in [0.1, 0.15) is 30.4 Å². The van der Waals surface area contributed by atoms with Crippen molar-refractivity contribution >= 4 is 35.5 Å². The fourth-order valence-electron chi connectivity index (χ4n) is 8.55. The zero-order chi connectivity index (χ0) is 37.6. The summed E-state index contributed by atoms with van der Waals surface area (Å²) in [6, 6.07) is -3.21. The molecule has 2 heterocycles. The van der Waals surface area contributed by atoms with E-state index in [0.29, 0.717) is 19.4 Å². The lowest BCUT2D eigenvalue weighted by molar-refractivity contribution is -0.146. The minimum Gasteiger partial charge on any atom is -0.480 e. The molecule has 0 radical (unpaired) electrons. The van der Waals surface area contributed by atoms with E-state index in [4.69, 9.17) is 0 Å². The molecule has 14 heteroatoms. The molecule has 4 N–H and O–H groups in total. The molecule has 1 aromatic heterocycles. The van der Waals surface area contributed by atoms with Crippen molar-refractivity contribution in [3.63, 3.8) is 0 Å². The van der Waals surface area contributed by atoms with Crippen LogP contribution in [0.4, 0.5) is 0 Å². The van der Waals surface area contributed by atoms with Gasteiger partial charge in [0.25, 0.3) is 5.91 Å². The van der Waals surface area contributed by atoms with Crippen molar-refractivity contribution < 1.29 is 33.9 Å². The van der Waals surface area contributed by atoms with Gasteiger partial charge in [0.15, 0.2) is 0 Å². The molecule has 4 fully saturated rings. The van der Waals surface area contributed by atoms with Crippen LogP contribution in [-0.4, -0.2) is 104 Å². The molecule has 5 amide bonds. The molecule has 1 aromatic rings. The number of rotatable bonds is 15. The Morgan fingerprint density at radius 3 is 2.29 bits per heavy atom. The predicted molar refractivity (Wildman–Crippen MR) is 191 cm³/mol. The predicted octanol–water partition coefficient (Wildman–Crippen LogP) is 3.06. The second-order valence-electron chi connectivity index (χ2n) is 16.4.